The fraction of sp³-hybridized carbons (Fsp3) is 0.350. The summed E-state index contributed by atoms with van der Waals surface area (Å²) in [5.74, 6) is 2.50. The lowest BCUT2D eigenvalue weighted by Crippen LogP contribution is -2.36. The molecule has 134 valence electrons. The van der Waals surface area contributed by atoms with Crippen molar-refractivity contribution in [2.45, 2.75) is 26.9 Å². The Morgan fingerprint density at radius 2 is 1.88 bits per heavy atom. The molecule has 0 aliphatic rings. The minimum Gasteiger partial charge on any atom is -0.497 e. The van der Waals surface area contributed by atoms with Crippen molar-refractivity contribution in [2.24, 2.45) is 4.99 Å². The first-order valence-electron chi connectivity index (χ1n) is 8.45. The van der Waals surface area contributed by atoms with Crippen molar-refractivity contribution in [3.05, 3.63) is 59.2 Å². The maximum absolute atomic E-state index is 5.46. The Labute approximate surface area is 150 Å². The van der Waals surface area contributed by atoms with E-state index in [1.807, 2.05) is 30.3 Å². The maximum atomic E-state index is 5.46. The zero-order chi connectivity index (χ0) is 18.1. The third-order valence-corrected chi connectivity index (χ3v) is 3.79. The summed E-state index contributed by atoms with van der Waals surface area (Å²) in [6, 6.07) is 14.1. The van der Waals surface area contributed by atoms with Gasteiger partial charge in [0.05, 0.1) is 20.8 Å². The average molecular weight is 341 g/mol. The zero-order valence-electron chi connectivity index (χ0n) is 15.4. The fourth-order valence-corrected chi connectivity index (χ4v) is 2.46. The van der Waals surface area contributed by atoms with E-state index in [1.54, 1.807) is 14.2 Å². The van der Waals surface area contributed by atoms with E-state index in [0.29, 0.717) is 13.1 Å². The second-order valence-corrected chi connectivity index (χ2v) is 5.72. The van der Waals surface area contributed by atoms with Gasteiger partial charge >= 0.3 is 0 Å². The van der Waals surface area contributed by atoms with Gasteiger partial charge in [0.1, 0.15) is 11.5 Å². The van der Waals surface area contributed by atoms with Crippen LogP contribution in [0.4, 0.5) is 0 Å². The van der Waals surface area contributed by atoms with Crippen molar-refractivity contribution in [3.63, 3.8) is 0 Å². The van der Waals surface area contributed by atoms with Crippen LogP contribution in [-0.4, -0.2) is 26.7 Å². The molecular weight excluding hydrogens is 314 g/mol. The zero-order valence-corrected chi connectivity index (χ0v) is 15.4. The predicted molar refractivity (Wildman–Crippen MR) is 102 cm³/mol. The van der Waals surface area contributed by atoms with Gasteiger partial charge in [0, 0.05) is 18.7 Å². The van der Waals surface area contributed by atoms with E-state index in [-0.39, 0.29) is 0 Å². The Morgan fingerprint density at radius 1 is 1.04 bits per heavy atom. The Hall–Kier alpha value is -2.69. The van der Waals surface area contributed by atoms with Crippen LogP contribution in [-0.2, 0) is 13.1 Å². The van der Waals surface area contributed by atoms with E-state index in [0.717, 1.165) is 35.1 Å². The number of methoxy groups -OCH3 is 2. The molecule has 2 N–H and O–H groups in total. The number of ether oxygens (including phenoxy) is 2. The molecule has 5 nitrogen and oxygen atoms in total. The van der Waals surface area contributed by atoms with Crippen LogP contribution in [0.1, 0.15) is 23.6 Å². The first-order chi connectivity index (χ1) is 12.2. The number of benzene rings is 2. The Balaban J connectivity index is 2.04. The van der Waals surface area contributed by atoms with Gasteiger partial charge < -0.3 is 20.1 Å². The molecule has 0 amide bonds. The van der Waals surface area contributed by atoms with Crippen molar-refractivity contribution in [3.8, 4) is 11.5 Å². The average Bonchev–Trinajstić information content (AvgIpc) is 2.64. The van der Waals surface area contributed by atoms with E-state index < -0.39 is 0 Å². The van der Waals surface area contributed by atoms with Crippen LogP contribution in [0.5, 0.6) is 11.5 Å². The smallest absolute Gasteiger partial charge is 0.191 e. The minimum absolute atomic E-state index is 0.581. The lowest BCUT2D eigenvalue weighted by Gasteiger charge is -2.14. The van der Waals surface area contributed by atoms with Gasteiger partial charge in [0.2, 0.25) is 0 Å². The molecule has 0 unspecified atom stereocenters. The summed E-state index contributed by atoms with van der Waals surface area (Å²) in [5.41, 5.74) is 3.38. The van der Waals surface area contributed by atoms with E-state index in [4.69, 9.17) is 9.47 Å². The molecule has 0 radical (unpaired) electrons. The number of hydrogen-bond donors (Lipinski definition) is 2. The monoisotopic (exact) mass is 341 g/mol. The second-order valence-electron chi connectivity index (χ2n) is 5.72. The first-order valence-corrected chi connectivity index (χ1v) is 8.45. The second kappa shape index (κ2) is 9.57. The molecule has 2 aromatic carbocycles. The van der Waals surface area contributed by atoms with E-state index in [2.05, 4.69) is 41.6 Å². The van der Waals surface area contributed by atoms with Gasteiger partial charge in [-0.2, -0.15) is 0 Å². The van der Waals surface area contributed by atoms with Gasteiger partial charge in [-0.25, -0.2) is 4.99 Å². The number of nitrogens with one attached hydrogen (secondary N) is 2. The Bertz CT molecular complexity index is 714. The highest BCUT2D eigenvalue weighted by atomic mass is 16.5. The molecule has 0 fully saturated rings. The molecule has 5 heteroatoms. The summed E-state index contributed by atoms with van der Waals surface area (Å²) in [6.07, 6.45) is 0. The molecule has 2 rings (SSSR count). The number of rotatable bonds is 7. The quantitative estimate of drug-likeness (QED) is 0.599. The van der Waals surface area contributed by atoms with Gasteiger partial charge in [-0.05, 0) is 43.2 Å². The maximum Gasteiger partial charge on any atom is 0.191 e. The van der Waals surface area contributed by atoms with Crippen molar-refractivity contribution in [1.82, 2.24) is 10.6 Å². The van der Waals surface area contributed by atoms with Crippen LogP contribution >= 0.6 is 0 Å². The Morgan fingerprint density at radius 3 is 2.60 bits per heavy atom. The number of guanidine groups is 1. The molecule has 0 heterocycles. The molecule has 0 saturated heterocycles. The minimum atomic E-state index is 0.581. The lowest BCUT2D eigenvalue weighted by molar-refractivity contribution is 0.408. The molecule has 25 heavy (non-hydrogen) atoms. The largest absolute Gasteiger partial charge is 0.497 e. The van der Waals surface area contributed by atoms with Crippen LogP contribution < -0.4 is 20.1 Å². The van der Waals surface area contributed by atoms with Crippen LogP contribution in [0.2, 0.25) is 0 Å². The van der Waals surface area contributed by atoms with Crippen molar-refractivity contribution in [1.29, 1.82) is 0 Å². The van der Waals surface area contributed by atoms with Gasteiger partial charge in [-0.1, -0.05) is 24.3 Å². The summed E-state index contributed by atoms with van der Waals surface area (Å²) in [6.45, 7) is 6.13. The van der Waals surface area contributed by atoms with Crippen molar-refractivity contribution in [2.75, 3.05) is 20.8 Å². The molecule has 0 aliphatic heterocycles. The van der Waals surface area contributed by atoms with Crippen LogP contribution in [0.3, 0.4) is 0 Å². The van der Waals surface area contributed by atoms with Crippen molar-refractivity contribution >= 4 is 5.96 Å². The van der Waals surface area contributed by atoms with Crippen molar-refractivity contribution < 1.29 is 9.47 Å². The van der Waals surface area contributed by atoms with E-state index in [9.17, 15) is 0 Å². The topological polar surface area (TPSA) is 54.9 Å². The SMILES string of the molecule is CCNC(=NCc1cccc(OC)c1)NCc1ccc(C)cc1OC. The Kier molecular flexibility index (Phi) is 7.14. The number of nitrogens with zero attached hydrogens (tertiary/aromatic N) is 1. The number of aryl methyl sites for hydroxylation is 1. The lowest BCUT2D eigenvalue weighted by atomic mass is 10.1. The molecule has 0 aromatic heterocycles. The predicted octanol–water partition coefficient (Wildman–Crippen LogP) is 3.27. The van der Waals surface area contributed by atoms with Gasteiger partial charge in [0.25, 0.3) is 0 Å². The van der Waals surface area contributed by atoms with Gasteiger partial charge in [-0.15, -0.1) is 0 Å². The summed E-state index contributed by atoms with van der Waals surface area (Å²) in [5, 5.41) is 6.63. The summed E-state index contributed by atoms with van der Waals surface area (Å²) in [4.78, 5) is 4.65. The molecule has 0 saturated carbocycles. The third-order valence-electron chi connectivity index (χ3n) is 3.79. The standard InChI is InChI=1S/C20H27N3O2/c1-5-21-20(22-13-16-7-6-8-18(12-16)24-3)23-14-17-10-9-15(2)11-19(17)25-4/h6-12H,5,13-14H2,1-4H3,(H2,21,22,23). The molecule has 2 aromatic rings. The normalized spacial score (nSPS) is 11.1. The fourth-order valence-electron chi connectivity index (χ4n) is 2.46. The molecule has 0 bridgehead atoms. The first kappa shape index (κ1) is 18.6. The molecule has 0 aliphatic carbocycles. The summed E-state index contributed by atoms with van der Waals surface area (Å²) in [7, 11) is 3.36. The highest BCUT2D eigenvalue weighted by Crippen LogP contribution is 2.19. The van der Waals surface area contributed by atoms with E-state index >= 15 is 0 Å². The number of aliphatic imine (C=N–C) groups is 1. The molecule has 0 spiro atoms. The number of hydrogen-bond acceptors (Lipinski definition) is 3. The molecular formula is C20H27N3O2. The van der Waals surface area contributed by atoms with Gasteiger partial charge in [-0.3, -0.25) is 0 Å². The highest BCUT2D eigenvalue weighted by molar-refractivity contribution is 5.79. The van der Waals surface area contributed by atoms with Crippen LogP contribution in [0, 0.1) is 6.92 Å². The summed E-state index contributed by atoms with van der Waals surface area (Å²) >= 11 is 0. The van der Waals surface area contributed by atoms with Gasteiger partial charge in [0.15, 0.2) is 5.96 Å². The van der Waals surface area contributed by atoms with Crippen LogP contribution in [0.25, 0.3) is 0 Å². The highest BCUT2D eigenvalue weighted by Gasteiger charge is 2.05. The third kappa shape index (κ3) is 5.71. The molecule has 0 atom stereocenters. The summed E-state index contributed by atoms with van der Waals surface area (Å²) < 4.78 is 10.7. The van der Waals surface area contributed by atoms with E-state index in [1.165, 1.54) is 5.56 Å². The van der Waals surface area contributed by atoms with Crippen LogP contribution in [0.15, 0.2) is 47.5 Å².